The van der Waals surface area contributed by atoms with Gasteiger partial charge in [-0.3, -0.25) is 4.79 Å². The highest BCUT2D eigenvalue weighted by atomic mass is 79.9. The SMILES string of the molecule is COc1cccc(C(=O)Cc2ccc(Br)s2)c1OC. The summed E-state index contributed by atoms with van der Waals surface area (Å²) in [6, 6.07) is 9.21. The second-order valence-corrected chi connectivity index (χ2v) is 6.39. The number of Topliss-reactive ketones (excluding diaryl/α,β-unsaturated/α-hetero) is 1. The molecule has 0 bridgehead atoms. The Bertz CT molecular complexity index is 592. The van der Waals surface area contributed by atoms with E-state index in [0.717, 1.165) is 8.66 Å². The van der Waals surface area contributed by atoms with Gasteiger partial charge >= 0.3 is 0 Å². The van der Waals surface area contributed by atoms with Crippen molar-refractivity contribution in [1.82, 2.24) is 0 Å². The van der Waals surface area contributed by atoms with Crippen molar-refractivity contribution in [2.45, 2.75) is 6.42 Å². The average molecular weight is 341 g/mol. The summed E-state index contributed by atoms with van der Waals surface area (Å²) in [7, 11) is 3.10. The second kappa shape index (κ2) is 6.21. The Morgan fingerprint density at radius 2 is 2.00 bits per heavy atom. The molecule has 0 aliphatic heterocycles. The van der Waals surface area contributed by atoms with Crippen LogP contribution in [0.5, 0.6) is 11.5 Å². The lowest BCUT2D eigenvalue weighted by atomic mass is 10.1. The molecule has 0 amide bonds. The van der Waals surface area contributed by atoms with E-state index in [2.05, 4.69) is 15.9 Å². The number of carbonyl (C=O) groups is 1. The number of methoxy groups -OCH3 is 2. The van der Waals surface area contributed by atoms with Crippen LogP contribution < -0.4 is 9.47 Å². The Kier molecular flexibility index (Phi) is 4.61. The van der Waals surface area contributed by atoms with E-state index in [1.807, 2.05) is 12.1 Å². The van der Waals surface area contributed by atoms with Gasteiger partial charge in [0.1, 0.15) is 0 Å². The number of ketones is 1. The van der Waals surface area contributed by atoms with Crippen LogP contribution in [0.25, 0.3) is 0 Å². The number of ether oxygens (including phenoxy) is 2. The molecule has 3 nitrogen and oxygen atoms in total. The summed E-state index contributed by atoms with van der Waals surface area (Å²) >= 11 is 4.95. The minimum Gasteiger partial charge on any atom is -0.493 e. The van der Waals surface area contributed by atoms with Crippen LogP contribution in [0.1, 0.15) is 15.2 Å². The van der Waals surface area contributed by atoms with Gasteiger partial charge in [-0.15, -0.1) is 11.3 Å². The first-order valence-corrected chi connectivity index (χ1v) is 7.25. The summed E-state index contributed by atoms with van der Waals surface area (Å²) < 4.78 is 11.5. The first kappa shape index (κ1) is 14.1. The highest BCUT2D eigenvalue weighted by Gasteiger charge is 2.17. The van der Waals surface area contributed by atoms with Gasteiger partial charge in [0.25, 0.3) is 0 Å². The van der Waals surface area contributed by atoms with Gasteiger partial charge < -0.3 is 9.47 Å². The topological polar surface area (TPSA) is 35.5 Å². The summed E-state index contributed by atoms with van der Waals surface area (Å²) in [6.45, 7) is 0. The summed E-state index contributed by atoms with van der Waals surface area (Å²) in [5.41, 5.74) is 0.548. The normalized spacial score (nSPS) is 10.3. The molecule has 2 rings (SSSR count). The number of thiophene rings is 1. The number of hydrogen-bond donors (Lipinski definition) is 0. The summed E-state index contributed by atoms with van der Waals surface area (Å²) in [5, 5.41) is 0. The molecule has 5 heteroatoms. The van der Waals surface area contributed by atoms with E-state index in [0.29, 0.717) is 23.5 Å². The van der Waals surface area contributed by atoms with Crippen molar-refractivity contribution >= 4 is 33.0 Å². The van der Waals surface area contributed by atoms with Gasteiger partial charge in [0, 0.05) is 11.3 Å². The zero-order chi connectivity index (χ0) is 13.8. The van der Waals surface area contributed by atoms with Gasteiger partial charge in [0.2, 0.25) is 0 Å². The molecular formula is C14H13BrO3S. The van der Waals surface area contributed by atoms with Gasteiger partial charge in [-0.25, -0.2) is 0 Å². The van der Waals surface area contributed by atoms with Crippen molar-refractivity contribution in [3.05, 3.63) is 44.6 Å². The van der Waals surface area contributed by atoms with Gasteiger partial charge in [-0.1, -0.05) is 6.07 Å². The third-order valence-electron chi connectivity index (χ3n) is 2.67. The Morgan fingerprint density at radius 1 is 1.21 bits per heavy atom. The molecule has 0 aliphatic rings. The molecule has 19 heavy (non-hydrogen) atoms. The first-order chi connectivity index (χ1) is 9.15. The van der Waals surface area contributed by atoms with Crippen LogP contribution in [-0.4, -0.2) is 20.0 Å². The number of rotatable bonds is 5. The molecule has 1 aromatic heterocycles. The number of hydrogen-bond acceptors (Lipinski definition) is 4. The molecule has 0 fully saturated rings. The van der Waals surface area contributed by atoms with Crippen molar-refractivity contribution in [2.75, 3.05) is 14.2 Å². The predicted octanol–water partition coefficient (Wildman–Crippen LogP) is 3.95. The second-order valence-electron chi connectivity index (χ2n) is 3.85. The molecule has 0 spiro atoms. The zero-order valence-corrected chi connectivity index (χ0v) is 13.0. The van der Waals surface area contributed by atoms with Crippen LogP contribution in [0.4, 0.5) is 0 Å². The molecular weight excluding hydrogens is 328 g/mol. The summed E-state index contributed by atoms with van der Waals surface area (Å²) in [5.74, 6) is 1.08. The Labute approximate surface area is 124 Å². The van der Waals surface area contributed by atoms with E-state index in [4.69, 9.17) is 9.47 Å². The lowest BCUT2D eigenvalue weighted by molar-refractivity contribution is 0.0990. The molecule has 0 radical (unpaired) electrons. The summed E-state index contributed by atoms with van der Waals surface area (Å²) in [4.78, 5) is 13.3. The molecule has 1 aromatic carbocycles. The van der Waals surface area contributed by atoms with E-state index < -0.39 is 0 Å². The van der Waals surface area contributed by atoms with E-state index in [9.17, 15) is 4.79 Å². The van der Waals surface area contributed by atoms with Crippen LogP contribution in [-0.2, 0) is 6.42 Å². The first-order valence-electron chi connectivity index (χ1n) is 5.64. The van der Waals surface area contributed by atoms with Gasteiger partial charge in [-0.2, -0.15) is 0 Å². The third-order valence-corrected chi connectivity index (χ3v) is 4.29. The van der Waals surface area contributed by atoms with E-state index in [1.54, 1.807) is 36.6 Å². The highest BCUT2D eigenvalue weighted by Crippen LogP contribution is 2.32. The molecule has 100 valence electrons. The largest absolute Gasteiger partial charge is 0.493 e. The minimum absolute atomic E-state index is 0.0186. The number of benzene rings is 1. The summed E-state index contributed by atoms with van der Waals surface area (Å²) in [6.07, 6.45) is 0.361. The van der Waals surface area contributed by atoms with Crippen molar-refractivity contribution < 1.29 is 14.3 Å². The van der Waals surface area contributed by atoms with Crippen LogP contribution in [0.15, 0.2) is 34.1 Å². The molecule has 0 saturated carbocycles. The molecule has 0 unspecified atom stereocenters. The average Bonchev–Trinajstić information content (AvgIpc) is 2.82. The maximum absolute atomic E-state index is 12.3. The standard InChI is InChI=1S/C14H13BrO3S/c1-17-12-5-3-4-10(14(12)18-2)11(16)8-9-6-7-13(15)19-9/h3-7H,8H2,1-2H3. The minimum atomic E-state index is 0.0186. The smallest absolute Gasteiger partial charge is 0.171 e. The maximum atomic E-state index is 12.3. The number of para-hydroxylation sites is 1. The van der Waals surface area contributed by atoms with Crippen molar-refractivity contribution in [1.29, 1.82) is 0 Å². The maximum Gasteiger partial charge on any atom is 0.171 e. The van der Waals surface area contributed by atoms with Crippen LogP contribution in [0.3, 0.4) is 0 Å². The monoisotopic (exact) mass is 340 g/mol. The van der Waals surface area contributed by atoms with Crippen LogP contribution in [0, 0.1) is 0 Å². The van der Waals surface area contributed by atoms with Crippen molar-refractivity contribution in [3.8, 4) is 11.5 Å². The van der Waals surface area contributed by atoms with Crippen LogP contribution >= 0.6 is 27.3 Å². The van der Waals surface area contributed by atoms with Crippen LogP contribution in [0.2, 0.25) is 0 Å². The van der Waals surface area contributed by atoms with Crippen molar-refractivity contribution in [3.63, 3.8) is 0 Å². The van der Waals surface area contributed by atoms with Gasteiger partial charge in [-0.05, 0) is 40.2 Å². The fourth-order valence-electron chi connectivity index (χ4n) is 1.81. The molecule has 1 heterocycles. The lowest BCUT2D eigenvalue weighted by Crippen LogP contribution is -2.05. The highest BCUT2D eigenvalue weighted by molar-refractivity contribution is 9.11. The third kappa shape index (κ3) is 3.16. The fraction of sp³-hybridized carbons (Fsp3) is 0.214. The Balaban J connectivity index is 2.28. The number of carbonyl (C=O) groups excluding carboxylic acids is 1. The molecule has 0 atom stereocenters. The van der Waals surface area contributed by atoms with Crippen molar-refractivity contribution in [2.24, 2.45) is 0 Å². The van der Waals surface area contributed by atoms with Gasteiger partial charge in [0.15, 0.2) is 17.3 Å². The molecule has 2 aromatic rings. The van der Waals surface area contributed by atoms with E-state index >= 15 is 0 Å². The Hall–Kier alpha value is -1.33. The molecule has 0 saturated heterocycles. The Morgan fingerprint density at radius 3 is 2.58 bits per heavy atom. The zero-order valence-electron chi connectivity index (χ0n) is 10.6. The predicted molar refractivity (Wildman–Crippen MR) is 79.6 cm³/mol. The number of halogens is 1. The molecule has 0 N–H and O–H groups in total. The lowest BCUT2D eigenvalue weighted by Gasteiger charge is -2.11. The van der Waals surface area contributed by atoms with E-state index in [1.165, 1.54) is 7.11 Å². The molecule has 0 aliphatic carbocycles. The fourth-order valence-corrected chi connectivity index (χ4v) is 3.29. The van der Waals surface area contributed by atoms with Gasteiger partial charge in [0.05, 0.1) is 23.6 Å². The van der Waals surface area contributed by atoms with E-state index in [-0.39, 0.29) is 5.78 Å². The quantitative estimate of drug-likeness (QED) is 0.773.